The summed E-state index contributed by atoms with van der Waals surface area (Å²) in [5.41, 5.74) is 8.74. The van der Waals surface area contributed by atoms with Gasteiger partial charge < -0.3 is 11.1 Å². The van der Waals surface area contributed by atoms with Gasteiger partial charge in [0.05, 0.1) is 11.4 Å². The Morgan fingerprint density at radius 3 is 2.94 bits per heavy atom. The summed E-state index contributed by atoms with van der Waals surface area (Å²) in [6.07, 6.45) is 3.99. The quantitative estimate of drug-likeness (QED) is 0.779. The molecule has 0 radical (unpaired) electrons. The third-order valence-corrected chi connectivity index (χ3v) is 3.38. The third kappa shape index (κ3) is 1.96. The van der Waals surface area contributed by atoms with E-state index in [1.54, 1.807) is 6.20 Å². The number of nitrogens with two attached hydrogens (primary N) is 1. The van der Waals surface area contributed by atoms with E-state index < -0.39 is 0 Å². The van der Waals surface area contributed by atoms with Gasteiger partial charge in [0.25, 0.3) is 0 Å². The Balaban J connectivity index is 2.06. The number of aromatic nitrogens is 2. The monoisotopic (exact) mass is 228 g/mol. The van der Waals surface area contributed by atoms with Crippen LogP contribution in [0.15, 0.2) is 24.4 Å². The van der Waals surface area contributed by atoms with Gasteiger partial charge in [-0.05, 0) is 44.1 Å². The van der Waals surface area contributed by atoms with Gasteiger partial charge >= 0.3 is 0 Å². The van der Waals surface area contributed by atoms with Crippen LogP contribution in [-0.2, 0) is 0 Å². The maximum atomic E-state index is 6.11. The largest absolute Gasteiger partial charge is 0.397 e. The Labute approximate surface area is 100 Å². The van der Waals surface area contributed by atoms with Crippen LogP contribution < -0.4 is 11.1 Å². The molecular weight excluding hydrogens is 212 g/mol. The lowest BCUT2D eigenvalue weighted by Crippen LogP contribution is -2.27. The standard InChI is InChI=1S/C13H16N4/c14-11-8-10-2-1-5-16-13(10)17-12(11)9-3-6-15-7-4-9/h1-2,5,8-9,15H,3-4,6-7,14H2. The topological polar surface area (TPSA) is 63.8 Å². The van der Waals surface area contributed by atoms with Gasteiger partial charge in [0.15, 0.2) is 5.65 Å². The molecule has 4 heteroatoms. The minimum absolute atomic E-state index is 0.475. The highest BCUT2D eigenvalue weighted by Gasteiger charge is 2.19. The average molecular weight is 228 g/mol. The van der Waals surface area contributed by atoms with E-state index in [-0.39, 0.29) is 0 Å². The number of nitrogens with zero attached hydrogens (tertiary/aromatic N) is 2. The van der Waals surface area contributed by atoms with Crippen LogP contribution in [0.1, 0.15) is 24.5 Å². The molecule has 0 unspecified atom stereocenters. The molecule has 0 aromatic carbocycles. The minimum Gasteiger partial charge on any atom is -0.397 e. The van der Waals surface area contributed by atoms with Gasteiger partial charge in [-0.2, -0.15) is 0 Å². The summed E-state index contributed by atoms with van der Waals surface area (Å²) in [4.78, 5) is 8.93. The van der Waals surface area contributed by atoms with E-state index in [0.29, 0.717) is 5.92 Å². The Bertz CT molecular complexity index is 532. The van der Waals surface area contributed by atoms with Crippen molar-refractivity contribution in [3.05, 3.63) is 30.1 Å². The average Bonchev–Trinajstić information content (AvgIpc) is 2.39. The predicted octanol–water partition coefficient (Wildman–Crippen LogP) is 1.68. The van der Waals surface area contributed by atoms with E-state index in [1.165, 1.54) is 0 Å². The van der Waals surface area contributed by atoms with E-state index in [4.69, 9.17) is 5.73 Å². The second-order valence-electron chi connectivity index (χ2n) is 4.54. The van der Waals surface area contributed by atoms with E-state index in [2.05, 4.69) is 15.3 Å². The Morgan fingerprint density at radius 2 is 2.12 bits per heavy atom. The molecular formula is C13H16N4. The Kier molecular flexibility index (Phi) is 2.65. The van der Waals surface area contributed by atoms with E-state index in [0.717, 1.165) is 48.3 Å². The molecule has 1 aliphatic rings. The minimum atomic E-state index is 0.475. The molecule has 88 valence electrons. The van der Waals surface area contributed by atoms with Gasteiger partial charge in [0.1, 0.15) is 0 Å². The fourth-order valence-electron chi connectivity index (χ4n) is 2.46. The van der Waals surface area contributed by atoms with Crippen LogP contribution in [0.25, 0.3) is 11.0 Å². The number of nitrogen functional groups attached to an aromatic ring is 1. The zero-order chi connectivity index (χ0) is 11.7. The fraction of sp³-hybridized carbons (Fsp3) is 0.385. The number of hydrogen-bond acceptors (Lipinski definition) is 4. The first-order valence-electron chi connectivity index (χ1n) is 6.06. The van der Waals surface area contributed by atoms with Crippen LogP contribution >= 0.6 is 0 Å². The van der Waals surface area contributed by atoms with E-state index >= 15 is 0 Å². The SMILES string of the molecule is Nc1cc2cccnc2nc1C1CCNCC1. The maximum absolute atomic E-state index is 6.11. The third-order valence-electron chi connectivity index (χ3n) is 3.38. The molecule has 0 saturated carbocycles. The molecule has 2 aromatic rings. The van der Waals surface area contributed by atoms with Crippen molar-refractivity contribution in [1.82, 2.24) is 15.3 Å². The van der Waals surface area contributed by atoms with Crippen molar-refractivity contribution in [3.63, 3.8) is 0 Å². The maximum Gasteiger partial charge on any atom is 0.159 e. The lowest BCUT2D eigenvalue weighted by Gasteiger charge is -2.23. The first kappa shape index (κ1) is 10.5. The highest BCUT2D eigenvalue weighted by Crippen LogP contribution is 2.29. The highest BCUT2D eigenvalue weighted by atomic mass is 14.9. The summed E-state index contributed by atoms with van der Waals surface area (Å²) in [6.45, 7) is 2.10. The highest BCUT2D eigenvalue weighted by molar-refractivity contribution is 5.78. The molecule has 3 N–H and O–H groups in total. The lowest BCUT2D eigenvalue weighted by atomic mass is 9.93. The molecule has 4 nitrogen and oxygen atoms in total. The van der Waals surface area contributed by atoms with Crippen molar-refractivity contribution >= 4 is 16.7 Å². The number of hydrogen-bond donors (Lipinski definition) is 2. The van der Waals surface area contributed by atoms with Crippen molar-refractivity contribution in [2.24, 2.45) is 0 Å². The molecule has 3 rings (SSSR count). The number of pyridine rings is 2. The van der Waals surface area contributed by atoms with Gasteiger partial charge in [-0.15, -0.1) is 0 Å². The van der Waals surface area contributed by atoms with Gasteiger partial charge in [0, 0.05) is 17.5 Å². The zero-order valence-corrected chi connectivity index (χ0v) is 9.69. The molecule has 17 heavy (non-hydrogen) atoms. The zero-order valence-electron chi connectivity index (χ0n) is 9.69. The summed E-state index contributed by atoms with van der Waals surface area (Å²) in [6, 6.07) is 5.90. The molecule has 0 aliphatic carbocycles. The molecule has 0 spiro atoms. The van der Waals surface area contributed by atoms with Crippen molar-refractivity contribution in [2.75, 3.05) is 18.8 Å². The van der Waals surface area contributed by atoms with Crippen LogP contribution in [0.2, 0.25) is 0 Å². The lowest BCUT2D eigenvalue weighted by molar-refractivity contribution is 0.455. The van der Waals surface area contributed by atoms with Gasteiger partial charge in [0.2, 0.25) is 0 Å². The second kappa shape index (κ2) is 4.30. The molecule has 1 aliphatic heterocycles. The van der Waals surface area contributed by atoms with Crippen molar-refractivity contribution < 1.29 is 0 Å². The van der Waals surface area contributed by atoms with Crippen LogP contribution in [-0.4, -0.2) is 23.1 Å². The Morgan fingerprint density at radius 1 is 1.29 bits per heavy atom. The number of piperidine rings is 1. The molecule has 2 aromatic heterocycles. The fourth-order valence-corrected chi connectivity index (χ4v) is 2.46. The predicted molar refractivity (Wildman–Crippen MR) is 68.8 cm³/mol. The van der Waals surface area contributed by atoms with Gasteiger partial charge in [-0.3, -0.25) is 0 Å². The number of fused-ring (bicyclic) bond motifs is 1. The van der Waals surface area contributed by atoms with Crippen molar-refractivity contribution in [2.45, 2.75) is 18.8 Å². The van der Waals surface area contributed by atoms with Gasteiger partial charge in [-0.25, -0.2) is 9.97 Å². The first-order valence-corrected chi connectivity index (χ1v) is 6.06. The second-order valence-corrected chi connectivity index (χ2v) is 4.54. The molecule has 0 bridgehead atoms. The molecule has 3 heterocycles. The summed E-state index contributed by atoms with van der Waals surface area (Å²) >= 11 is 0. The normalized spacial score (nSPS) is 17.4. The number of anilines is 1. The van der Waals surface area contributed by atoms with Crippen LogP contribution in [0.3, 0.4) is 0 Å². The smallest absolute Gasteiger partial charge is 0.159 e. The van der Waals surface area contributed by atoms with Crippen LogP contribution in [0, 0.1) is 0 Å². The molecule has 0 atom stereocenters. The summed E-state index contributed by atoms with van der Waals surface area (Å²) < 4.78 is 0. The molecule has 0 amide bonds. The Hall–Kier alpha value is -1.68. The van der Waals surface area contributed by atoms with E-state index in [1.807, 2.05) is 18.2 Å². The van der Waals surface area contributed by atoms with Crippen LogP contribution in [0.4, 0.5) is 5.69 Å². The van der Waals surface area contributed by atoms with Crippen molar-refractivity contribution in [1.29, 1.82) is 0 Å². The first-order chi connectivity index (χ1) is 8.34. The van der Waals surface area contributed by atoms with Crippen LogP contribution in [0.5, 0.6) is 0 Å². The molecule has 1 fully saturated rings. The number of nitrogens with one attached hydrogen (secondary N) is 1. The number of rotatable bonds is 1. The summed E-state index contributed by atoms with van der Waals surface area (Å²) in [5.74, 6) is 0.475. The summed E-state index contributed by atoms with van der Waals surface area (Å²) in [7, 11) is 0. The summed E-state index contributed by atoms with van der Waals surface area (Å²) in [5, 5.41) is 4.37. The molecule has 1 saturated heterocycles. The van der Waals surface area contributed by atoms with Gasteiger partial charge in [-0.1, -0.05) is 0 Å². The van der Waals surface area contributed by atoms with Crippen molar-refractivity contribution in [3.8, 4) is 0 Å². The van der Waals surface area contributed by atoms with E-state index in [9.17, 15) is 0 Å².